The molecule has 0 bridgehead atoms. The average Bonchev–Trinajstić information content (AvgIpc) is 2.62. The zero-order chi connectivity index (χ0) is 14.7. The molecule has 110 valence electrons. The molecule has 0 spiro atoms. The van der Waals surface area contributed by atoms with Gasteiger partial charge >= 0.3 is 0 Å². The SMILES string of the molecule is CCC1CN(C)CCCN1C(=O)c1cc(Br)ccc1I. The van der Waals surface area contributed by atoms with E-state index in [1.54, 1.807) is 0 Å². The quantitative estimate of drug-likeness (QED) is 0.642. The first-order chi connectivity index (χ1) is 9.52. The predicted octanol–water partition coefficient (Wildman–Crippen LogP) is 3.61. The molecule has 1 aromatic rings. The molecule has 1 aromatic carbocycles. The molecule has 1 aliphatic heterocycles. The number of nitrogens with zero attached hydrogens (tertiary/aromatic N) is 2. The van der Waals surface area contributed by atoms with Gasteiger partial charge in [-0.3, -0.25) is 4.79 Å². The molecule has 0 N–H and O–H groups in total. The molecule has 1 heterocycles. The zero-order valence-corrected chi connectivity index (χ0v) is 15.6. The van der Waals surface area contributed by atoms with E-state index in [9.17, 15) is 4.79 Å². The van der Waals surface area contributed by atoms with Gasteiger partial charge in [-0.15, -0.1) is 0 Å². The Morgan fingerprint density at radius 3 is 2.90 bits per heavy atom. The van der Waals surface area contributed by atoms with E-state index in [4.69, 9.17) is 0 Å². The van der Waals surface area contributed by atoms with Crippen LogP contribution in [-0.4, -0.2) is 48.4 Å². The van der Waals surface area contributed by atoms with Gasteiger partial charge in [0.15, 0.2) is 0 Å². The first-order valence-electron chi connectivity index (χ1n) is 6.97. The summed E-state index contributed by atoms with van der Waals surface area (Å²) in [6, 6.07) is 6.21. The topological polar surface area (TPSA) is 23.6 Å². The van der Waals surface area contributed by atoms with Crippen LogP contribution in [0.15, 0.2) is 22.7 Å². The molecule has 0 aliphatic carbocycles. The Morgan fingerprint density at radius 1 is 1.45 bits per heavy atom. The largest absolute Gasteiger partial charge is 0.334 e. The second-order valence-electron chi connectivity index (χ2n) is 5.30. The van der Waals surface area contributed by atoms with Crippen LogP contribution >= 0.6 is 38.5 Å². The average molecular weight is 451 g/mol. The molecular formula is C15H20BrIN2O. The molecule has 1 unspecified atom stereocenters. The van der Waals surface area contributed by atoms with E-state index in [0.717, 1.165) is 46.1 Å². The van der Waals surface area contributed by atoms with Gasteiger partial charge in [0.05, 0.1) is 5.56 Å². The van der Waals surface area contributed by atoms with Gasteiger partial charge in [-0.1, -0.05) is 22.9 Å². The summed E-state index contributed by atoms with van der Waals surface area (Å²) in [5.74, 6) is 0.165. The number of benzene rings is 1. The highest BCUT2D eigenvalue weighted by atomic mass is 127. The second kappa shape index (κ2) is 7.22. The predicted molar refractivity (Wildman–Crippen MR) is 94.1 cm³/mol. The number of amides is 1. The van der Waals surface area contributed by atoms with Crippen molar-refractivity contribution in [3.63, 3.8) is 0 Å². The number of hydrogen-bond acceptors (Lipinski definition) is 2. The Kier molecular flexibility index (Phi) is 5.86. The number of carbonyl (C=O) groups is 1. The highest BCUT2D eigenvalue weighted by molar-refractivity contribution is 14.1. The van der Waals surface area contributed by atoms with E-state index in [-0.39, 0.29) is 5.91 Å². The molecule has 0 radical (unpaired) electrons. The summed E-state index contributed by atoms with van der Waals surface area (Å²) < 4.78 is 1.98. The van der Waals surface area contributed by atoms with Gasteiger partial charge < -0.3 is 9.80 Å². The minimum absolute atomic E-state index is 0.165. The first kappa shape index (κ1) is 16.2. The lowest BCUT2D eigenvalue weighted by molar-refractivity contribution is 0.0674. The van der Waals surface area contributed by atoms with Crippen molar-refractivity contribution in [1.29, 1.82) is 0 Å². The lowest BCUT2D eigenvalue weighted by Gasteiger charge is -2.30. The van der Waals surface area contributed by atoms with Crippen molar-refractivity contribution in [3.05, 3.63) is 31.8 Å². The molecule has 3 nitrogen and oxygen atoms in total. The molecule has 0 aromatic heterocycles. The number of hydrogen-bond donors (Lipinski definition) is 0. The van der Waals surface area contributed by atoms with Crippen molar-refractivity contribution in [2.45, 2.75) is 25.8 Å². The van der Waals surface area contributed by atoms with E-state index in [2.05, 4.69) is 62.3 Å². The summed E-state index contributed by atoms with van der Waals surface area (Å²) in [6.45, 7) is 5.04. The standard InChI is InChI=1S/C15H20BrIN2O/c1-3-12-10-18(2)7-4-8-19(12)15(20)13-9-11(16)5-6-14(13)17/h5-6,9,12H,3-4,7-8,10H2,1-2H3. The van der Waals surface area contributed by atoms with Gasteiger partial charge in [0.2, 0.25) is 0 Å². The number of carbonyl (C=O) groups excluding carboxylic acids is 1. The van der Waals surface area contributed by atoms with E-state index in [1.165, 1.54) is 0 Å². The first-order valence-corrected chi connectivity index (χ1v) is 8.84. The van der Waals surface area contributed by atoms with Gasteiger partial charge in [-0.2, -0.15) is 0 Å². The van der Waals surface area contributed by atoms with Crippen LogP contribution in [0.5, 0.6) is 0 Å². The Bertz CT molecular complexity index is 495. The van der Waals surface area contributed by atoms with Crippen molar-refractivity contribution >= 4 is 44.4 Å². The summed E-state index contributed by atoms with van der Waals surface area (Å²) >= 11 is 5.71. The summed E-state index contributed by atoms with van der Waals surface area (Å²) in [6.07, 6.45) is 2.05. The van der Waals surface area contributed by atoms with Crippen molar-refractivity contribution < 1.29 is 4.79 Å². The third kappa shape index (κ3) is 3.74. The van der Waals surface area contributed by atoms with Crippen LogP contribution in [0.3, 0.4) is 0 Å². The van der Waals surface area contributed by atoms with Crippen molar-refractivity contribution in [2.24, 2.45) is 0 Å². The van der Waals surface area contributed by atoms with Crippen LogP contribution in [0, 0.1) is 3.57 Å². The van der Waals surface area contributed by atoms with Crippen LogP contribution in [0.4, 0.5) is 0 Å². The summed E-state index contributed by atoms with van der Waals surface area (Å²) in [5.41, 5.74) is 0.808. The third-order valence-electron chi connectivity index (χ3n) is 3.79. The fourth-order valence-corrected chi connectivity index (χ4v) is 3.60. The fraction of sp³-hybridized carbons (Fsp3) is 0.533. The van der Waals surface area contributed by atoms with E-state index in [1.807, 2.05) is 18.2 Å². The molecular weight excluding hydrogens is 431 g/mol. The Labute approximate surface area is 143 Å². The summed E-state index contributed by atoms with van der Waals surface area (Å²) in [4.78, 5) is 17.3. The van der Waals surface area contributed by atoms with Crippen LogP contribution in [-0.2, 0) is 0 Å². The van der Waals surface area contributed by atoms with Crippen LogP contribution in [0.1, 0.15) is 30.1 Å². The number of halogens is 2. The Balaban J connectivity index is 2.27. The molecule has 2 rings (SSSR count). The maximum absolute atomic E-state index is 12.9. The molecule has 1 fully saturated rings. The fourth-order valence-electron chi connectivity index (χ4n) is 2.68. The third-order valence-corrected chi connectivity index (χ3v) is 5.23. The monoisotopic (exact) mass is 450 g/mol. The molecule has 1 atom stereocenters. The number of rotatable bonds is 2. The van der Waals surface area contributed by atoms with E-state index >= 15 is 0 Å². The zero-order valence-electron chi connectivity index (χ0n) is 11.9. The van der Waals surface area contributed by atoms with Gasteiger partial charge in [0.25, 0.3) is 5.91 Å². The van der Waals surface area contributed by atoms with Crippen molar-refractivity contribution in [2.75, 3.05) is 26.7 Å². The van der Waals surface area contributed by atoms with Crippen LogP contribution in [0.25, 0.3) is 0 Å². The number of likely N-dealkylation sites (N-methyl/N-ethyl adjacent to an activating group) is 1. The van der Waals surface area contributed by atoms with E-state index < -0.39 is 0 Å². The highest BCUT2D eigenvalue weighted by Crippen LogP contribution is 2.22. The molecule has 1 amide bonds. The van der Waals surface area contributed by atoms with Crippen LogP contribution < -0.4 is 0 Å². The summed E-state index contributed by atoms with van der Waals surface area (Å²) in [5, 5.41) is 0. The van der Waals surface area contributed by atoms with E-state index in [0.29, 0.717) is 6.04 Å². The molecule has 1 aliphatic rings. The van der Waals surface area contributed by atoms with Crippen molar-refractivity contribution in [3.8, 4) is 0 Å². The lowest BCUT2D eigenvalue weighted by atomic mass is 10.1. The maximum atomic E-state index is 12.9. The lowest BCUT2D eigenvalue weighted by Crippen LogP contribution is -2.43. The second-order valence-corrected chi connectivity index (χ2v) is 7.38. The summed E-state index contributed by atoms with van der Waals surface area (Å²) in [7, 11) is 2.14. The molecule has 0 saturated carbocycles. The smallest absolute Gasteiger partial charge is 0.255 e. The van der Waals surface area contributed by atoms with Gasteiger partial charge in [-0.05, 0) is 67.2 Å². The van der Waals surface area contributed by atoms with Crippen molar-refractivity contribution in [1.82, 2.24) is 9.80 Å². The van der Waals surface area contributed by atoms with Gasteiger partial charge in [-0.25, -0.2) is 0 Å². The minimum atomic E-state index is 0.165. The normalized spacial score (nSPS) is 20.8. The molecule has 20 heavy (non-hydrogen) atoms. The van der Waals surface area contributed by atoms with Gasteiger partial charge in [0, 0.05) is 27.2 Å². The highest BCUT2D eigenvalue weighted by Gasteiger charge is 2.27. The maximum Gasteiger partial charge on any atom is 0.255 e. The Morgan fingerprint density at radius 2 is 2.20 bits per heavy atom. The Hall–Kier alpha value is -0.140. The molecule has 1 saturated heterocycles. The van der Waals surface area contributed by atoms with Gasteiger partial charge in [0.1, 0.15) is 0 Å². The molecule has 5 heteroatoms. The minimum Gasteiger partial charge on any atom is -0.334 e. The van der Waals surface area contributed by atoms with Crippen LogP contribution in [0.2, 0.25) is 0 Å².